The molecular formula is C13H22N4O2S. The second-order valence-electron chi connectivity index (χ2n) is 5.08. The van der Waals surface area contributed by atoms with Gasteiger partial charge in [-0.15, -0.1) is 0 Å². The first-order valence-electron chi connectivity index (χ1n) is 6.82. The van der Waals surface area contributed by atoms with E-state index < -0.39 is 10.0 Å². The predicted octanol–water partition coefficient (Wildman–Crippen LogP) is 0.812. The van der Waals surface area contributed by atoms with Crippen molar-refractivity contribution in [3.63, 3.8) is 0 Å². The van der Waals surface area contributed by atoms with Crippen molar-refractivity contribution in [2.45, 2.75) is 30.7 Å². The van der Waals surface area contributed by atoms with Crippen molar-refractivity contribution in [3.8, 4) is 0 Å². The third kappa shape index (κ3) is 3.84. The van der Waals surface area contributed by atoms with Crippen LogP contribution in [0.3, 0.4) is 0 Å². The molecule has 6 nitrogen and oxygen atoms in total. The van der Waals surface area contributed by atoms with E-state index >= 15 is 0 Å². The van der Waals surface area contributed by atoms with Crippen LogP contribution in [-0.2, 0) is 10.0 Å². The van der Waals surface area contributed by atoms with E-state index in [0.29, 0.717) is 0 Å². The molecule has 112 valence electrons. The third-order valence-electron chi connectivity index (χ3n) is 3.51. The van der Waals surface area contributed by atoms with E-state index in [-0.39, 0.29) is 10.6 Å². The first-order chi connectivity index (χ1) is 9.41. The van der Waals surface area contributed by atoms with Crippen LogP contribution in [0.15, 0.2) is 23.1 Å². The van der Waals surface area contributed by atoms with Crippen LogP contribution in [-0.4, -0.2) is 39.0 Å². The summed E-state index contributed by atoms with van der Waals surface area (Å²) in [5.41, 5.74) is 6.69. The number of sulfonamides is 1. The lowest BCUT2D eigenvalue weighted by Crippen LogP contribution is -2.30. The number of nitrogen functional groups attached to an aromatic ring is 1. The van der Waals surface area contributed by atoms with Gasteiger partial charge in [-0.1, -0.05) is 6.92 Å². The molecule has 0 spiro atoms. The van der Waals surface area contributed by atoms with Crippen molar-refractivity contribution in [3.05, 3.63) is 18.2 Å². The van der Waals surface area contributed by atoms with Crippen LogP contribution < -0.4 is 16.2 Å². The number of nitrogens with two attached hydrogens (primary N) is 2. The lowest BCUT2D eigenvalue weighted by molar-refractivity contribution is 0.289. The van der Waals surface area contributed by atoms with E-state index in [1.807, 2.05) is 0 Å². The van der Waals surface area contributed by atoms with E-state index in [0.717, 1.165) is 31.4 Å². The second-order valence-corrected chi connectivity index (χ2v) is 6.61. The minimum atomic E-state index is -3.75. The van der Waals surface area contributed by atoms with Crippen LogP contribution >= 0.6 is 0 Å². The summed E-state index contributed by atoms with van der Waals surface area (Å²) in [5, 5.41) is 8.33. The molecule has 1 aliphatic carbocycles. The van der Waals surface area contributed by atoms with Crippen molar-refractivity contribution >= 4 is 21.4 Å². The first kappa shape index (κ1) is 15.1. The predicted molar refractivity (Wildman–Crippen MR) is 81.0 cm³/mol. The lowest BCUT2D eigenvalue weighted by Gasteiger charge is -2.20. The smallest absolute Gasteiger partial charge is 0.240 e. The molecule has 0 saturated heterocycles. The quantitative estimate of drug-likeness (QED) is 0.647. The number of nitrogens with zero attached hydrogens (tertiary/aromatic N) is 1. The molecule has 1 aromatic rings. The number of benzene rings is 1. The summed E-state index contributed by atoms with van der Waals surface area (Å²) in [6, 6.07) is 5.47. The second kappa shape index (κ2) is 5.99. The van der Waals surface area contributed by atoms with Gasteiger partial charge in [-0.05, 0) is 37.6 Å². The van der Waals surface area contributed by atoms with Gasteiger partial charge in [0.1, 0.15) is 4.90 Å². The van der Waals surface area contributed by atoms with Gasteiger partial charge in [0, 0.05) is 24.8 Å². The molecule has 5 N–H and O–H groups in total. The van der Waals surface area contributed by atoms with Crippen molar-refractivity contribution in [2.24, 2.45) is 5.14 Å². The number of hydrogen-bond acceptors (Lipinski definition) is 5. The fraction of sp³-hybridized carbons (Fsp3) is 0.538. The molecule has 1 fully saturated rings. The molecule has 0 radical (unpaired) electrons. The molecule has 0 aromatic heterocycles. The fourth-order valence-electron chi connectivity index (χ4n) is 2.30. The molecule has 0 atom stereocenters. The zero-order chi connectivity index (χ0) is 14.8. The summed E-state index contributed by atoms with van der Waals surface area (Å²) >= 11 is 0. The summed E-state index contributed by atoms with van der Waals surface area (Å²) in [7, 11) is -3.75. The van der Waals surface area contributed by atoms with Gasteiger partial charge in [0.15, 0.2) is 0 Å². The van der Waals surface area contributed by atoms with Crippen molar-refractivity contribution < 1.29 is 8.42 Å². The number of likely N-dealkylation sites (N-methyl/N-ethyl adjacent to an activating group) is 1. The van der Waals surface area contributed by atoms with E-state index in [4.69, 9.17) is 10.9 Å². The Kier molecular flexibility index (Phi) is 4.52. The fourth-order valence-corrected chi connectivity index (χ4v) is 2.95. The Balaban J connectivity index is 1.92. The Morgan fingerprint density at radius 1 is 1.40 bits per heavy atom. The highest BCUT2D eigenvalue weighted by Crippen LogP contribution is 2.26. The Bertz CT molecular complexity index is 570. The largest absolute Gasteiger partial charge is 0.398 e. The Hall–Kier alpha value is -1.31. The molecule has 1 saturated carbocycles. The third-order valence-corrected chi connectivity index (χ3v) is 4.50. The van der Waals surface area contributed by atoms with E-state index in [1.165, 1.54) is 18.9 Å². The standard InChI is InChI=1S/C13H22N4O2S/c1-2-17(11-4-5-11)8-7-16-10-3-6-13(12(14)9-10)20(15,18)19/h3,6,9,11,16H,2,4-5,7-8,14H2,1H3,(H2,15,18,19). The van der Waals surface area contributed by atoms with Gasteiger partial charge < -0.3 is 11.1 Å². The van der Waals surface area contributed by atoms with Crippen LogP contribution in [0.2, 0.25) is 0 Å². The summed E-state index contributed by atoms with van der Waals surface area (Å²) < 4.78 is 22.5. The molecule has 0 amide bonds. The number of nitrogens with one attached hydrogen (secondary N) is 1. The van der Waals surface area contributed by atoms with E-state index in [9.17, 15) is 8.42 Å². The van der Waals surface area contributed by atoms with E-state index in [2.05, 4.69) is 17.1 Å². The summed E-state index contributed by atoms with van der Waals surface area (Å²) in [4.78, 5) is 2.41. The summed E-state index contributed by atoms with van der Waals surface area (Å²) in [6.07, 6.45) is 2.59. The zero-order valence-electron chi connectivity index (χ0n) is 11.7. The Morgan fingerprint density at radius 2 is 2.10 bits per heavy atom. The Morgan fingerprint density at radius 3 is 2.60 bits per heavy atom. The van der Waals surface area contributed by atoms with Crippen LogP contribution in [0.5, 0.6) is 0 Å². The molecular weight excluding hydrogens is 276 g/mol. The van der Waals surface area contributed by atoms with Gasteiger partial charge in [0.05, 0.1) is 5.69 Å². The molecule has 0 aliphatic heterocycles. The molecule has 2 rings (SSSR count). The minimum Gasteiger partial charge on any atom is -0.398 e. The van der Waals surface area contributed by atoms with Gasteiger partial charge in [0.25, 0.3) is 0 Å². The maximum atomic E-state index is 11.3. The Labute approximate surface area is 120 Å². The number of hydrogen-bond donors (Lipinski definition) is 3. The monoisotopic (exact) mass is 298 g/mol. The molecule has 0 heterocycles. The van der Waals surface area contributed by atoms with Gasteiger partial charge in [-0.25, -0.2) is 13.6 Å². The molecule has 1 aromatic carbocycles. The number of anilines is 2. The number of rotatable bonds is 7. The summed E-state index contributed by atoms with van der Waals surface area (Å²) in [6.45, 7) is 4.99. The van der Waals surface area contributed by atoms with Crippen molar-refractivity contribution in [2.75, 3.05) is 30.7 Å². The van der Waals surface area contributed by atoms with Crippen LogP contribution in [0.4, 0.5) is 11.4 Å². The SMILES string of the molecule is CCN(CCNc1ccc(S(N)(=O)=O)c(N)c1)C1CC1. The minimum absolute atomic E-state index is 0.0313. The van der Waals surface area contributed by atoms with Crippen LogP contribution in [0.1, 0.15) is 19.8 Å². The average Bonchev–Trinajstić information content (AvgIpc) is 3.17. The van der Waals surface area contributed by atoms with Crippen LogP contribution in [0.25, 0.3) is 0 Å². The zero-order valence-corrected chi connectivity index (χ0v) is 12.5. The van der Waals surface area contributed by atoms with Gasteiger partial charge in [-0.2, -0.15) is 0 Å². The topological polar surface area (TPSA) is 101 Å². The highest BCUT2D eigenvalue weighted by molar-refractivity contribution is 7.89. The number of primary sulfonamides is 1. The van der Waals surface area contributed by atoms with Gasteiger partial charge >= 0.3 is 0 Å². The average molecular weight is 298 g/mol. The normalized spacial score (nSPS) is 15.6. The van der Waals surface area contributed by atoms with Gasteiger partial charge in [-0.3, -0.25) is 4.90 Å². The van der Waals surface area contributed by atoms with E-state index in [1.54, 1.807) is 12.1 Å². The van der Waals surface area contributed by atoms with Crippen molar-refractivity contribution in [1.29, 1.82) is 0 Å². The molecule has 0 unspecified atom stereocenters. The van der Waals surface area contributed by atoms with Gasteiger partial charge in [0.2, 0.25) is 10.0 Å². The molecule has 20 heavy (non-hydrogen) atoms. The summed E-state index contributed by atoms with van der Waals surface area (Å²) in [5.74, 6) is 0. The highest BCUT2D eigenvalue weighted by Gasteiger charge is 2.27. The molecule has 1 aliphatic rings. The molecule has 7 heteroatoms. The van der Waals surface area contributed by atoms with Crippen LogP contribution in [0, 0.1) is 0 Å². The highest BCUT2D eigenvalue weighted by atomic mass is 32.2. The maximum Gasteiger partial charge on any atom is 0.240 e. The molecule has 0 bridgehead atoms. The first-order valence-corrected chi connectivity index (χ1v) is 8.36. The maximum absolute atomic E-state index is 11.3. The van der Waals surface area contributed by atoms with Crippen molar-refractivity contribution in [1.82, 2.24) is 4.90 Å². The lowest BCUT2D eigenvalue weighted by atomic mass is 10.3.